The average Bonchev–Trinajstić information content (AvgIpc) is 2.87. The number of carbonyl (C=O) groups excluding carboxylic acids is 2. The molecule has 0 aliphatic carbocycles. The largest absolute Gasteiger partial charge is 0.361 e. The van der Waals surface area contributed by atoms with E-state index in [0.717, 1.165) is 16.5 Å². The first kappa shape index (κ1) is 14.1. The van der Waals surface area contributed by atoms with Gasteiger partial charge in [-0.25, -0.2) is 0 Å². The highest BCUT2D eigenvalue weighted by molar-refractivity contribution is 6.00. The third-order valence-electron chi connectivity index (χ3n) is 4.60. The summed E-state index contributed by atoms with van der Waals surface area (Å²) in [4.78, 5) is 30.1. The van der Waals surface area contributed by atoms with Gasteiger partial charge < -0.3 is 15.2 Å². The molecule has 23 heavy (non-hydrogen) atoms. The predicted molar refractivity (Wildman–Crippen MR) is 87.9 cm³/mol. The molecule has 118 valence electrons. The van der Waals surface area contributed by atoms with Crippen LogP contribution >= 0.6 is 0 Å². The SMILES string of the molecule is CC(C)NC(=O)[C@@H]1c2c[nH]c3cccc(c23)C2C=CC(=O)N1C2. The highest BCUT2D eigenvalue weighted by Gasteiger charge is 2.39. The molecule has 5 heteroatoms. The van der Waals surface area contributed by atoms with Crippen molar-refractivity contribution in [1.82, 2.24) is 15.2 Å². The highest BCUT2D eigenvalue weighted by atomic mass is 16.2. The Bertz CT molecular complexity index is 834. The van der Waals surface area contributed by atoms with Gasteiger partial charge in [-0.05, 0) is 31.6 Å². The van der Waals surface area contributed by atoms with E-state index in [1.807, 2.05) is 38.3 Å². The topological polar surface area (TPSA) is 65.2 Å². The van der Waals surface area contributed by atoms with E-state index in [-0.39, 0.29) is 23.8 Å². The normalized spacial score (nSPS) is 22.6. The van der Waals surface area contributed by atoms with Crippen molar-refractivity contribution in [1.29, 1.82) is 0 Å². The molecule has 2 amide bonds. The minimum absolute atomic E-state index is 0.0293. The third-order valence-corrected chi connectivity index (χ3v) is 4.60. The predicted octanol–water partition coefficient (Wildman–Crippen LogP) is 2.23. The Morgan fingerprint density at radius 2 is 2.17 bits per heavy atom. The first-order chi connectivity index (χ1) is 11.1. The monoisotopic (exact) mass is 309 g/mol. The van der Waals surface area contributed by atoms with Gasteiger partial charge in [0.2, 0.25) is 11.8 Å². The molecule has 2 aliphatic heterocycles. The van der Waals surface area contributed by atoms with E-state index in [2.05, 4.69) is 16.4 Å². The zero-order valence-corrected chi connectivity index (χ0v) is 13.2. The number of amides is 2. The summed E-state index contributed by atoms with van der Waals surface area (Å²) in [5, 5.41) is 4.03. The van der Waals surface area contributed by atoms with Crippen molar-refractivity contribution in [2.75, 3.05) is 6.54 Å². The Hall–Kier alpha value is -2.56. The second kappa shape index (κ2) is 4.98. The van der Waals surface area contributed by atoms with E-state index < -0.39 is 6.04 Å². The van der Waals surface area contributed by atoms with Crippen LogP contribution in [0.25, 0.3) is 10.9 Å². The number of carbonyl (C=O) groups is 2. The van der Waals surface area contributed by atoms with Crippen LogP contribution in [0.2, 0.25) is 0 Å². The molecule has 3 heterocycles. The number of aromatic nitrogens is 1. The minimum atomic E-state index is -0.588. The summed E-state index contributed by atoms with van der Waals surface area (Å²) in [7, 11) is 0. The molecule has 1 aromatic carbocycles. The maximum Gasteiger partial charge on any atom is 0.247 e. The van der Waals surface area contributed by atoms with Gasteiger partial charge in [0, 0.05) is 41.2 Å². The lowest BCUT2D eigenvalue weighted by atomic mass is 9.93. The summed E-state index contributed by atoms with van der Waals surface area (Å²) < 4.78 is 0. The van der Waals surface area contributed by atoms with E-state index >= 15 is 0 Å². The van der Waals surface area contributed by atoms with Gasteiger partial charge >= 0.3 is 0 Å². The lowest BCUT2D eigenvalue weighted by Crippen LogP contribution is -2.46. The van der Waals surface area contributed by atoms with Crippen LogP contribution in [0, 0.1) is 0 Å². The smallest absolute Gasteiger partial charge is 0.247 e. The molecule has 0 fully saturated rings. The number of aromatic amines is 1. The van der Waals surface area contributed by atoms with Gasteiger partial charge in [-0.3, -0.25) is 9.59 Å². The van der Waals surface area contributed by atoms with Crippen molar-refractivity contribution in [2.24, 2.45) is 0 Å². The summed E-state index contributed by atoms with van der Waals surface area (Å²) in [5.41, 5.74) is 3.06. The Balaban J connectivity index is 1.95. The molecule has 2 atom stereocenters. The first-order valence-electron chi connectivity index (χ1n) is 7.95. The van der Waals surface area contributed by atoms with E-state index in [9.17, 15) is 9.59 Å². The van der Waals surface area contributed by atoms with Crippen LogP contribution < -0.4 is 5.32 Å². The molecular formula is C18H19N3O2. The van der Waals surface area contributed by atoms with E-state index in [0.29, 0.717) is 6.54 Å². The maximum atomic E-state index is 12.8. The Kier molecular flexibility index (Phi) is 3.04. The summed E-state index contributed by atoms with van der Waals surface area (Å²) in [6, 6.07) is 5.55. The highest BCUT2D eigenvalue weighted by Crippen LogP contribution is 2.41. The van der Waals surface area contributed by atoms with Crippen molar-refractivity contribution in [2.45, 2.75) is 31.8 Å². The first-order valence-corrected chi connectivity index (χ1v) is 7.95. The Labute approximate surface area is 134 Å². The van der Waals surface area contributed by atoms with Crippen molar-refractivity contribution in [3.05, 3.63) is 47.7 Å². The fraction of sp³-hybridized carbons (Fsp3) is 0.333. The fourth-order valence-corrected chi connectivity index (χ4v) is 3.67. The van der Waals surface area contributed by atoms with Gasteiger partial charge in [0.15, 0.2) is 0 Å². The van der Waals surface area contributed by atoms with E-state index in [1.165, 1.54) is 5.56 Å². The van der Waals surface area contributed by atoms with Gasteiger partial charge in [-0.2, -0.15) is 0 Å². The molecule has 0 radical (unpaired) electrons. The zero-order valence-electron chi connectivity index (χ0n) is 13.2. The second-order valence-electron chi connectivity index (χ2n) is 6.54. The summed E-state index contributed by atoms with van der Waals surface area (Å²) >= 11 is 0. The number of rotatable bonds is 2. The van der Waals surface area contributed by atoms with Crippen LogP contribution in [0.4, 0.5) is 0 Å². The molecule has 2 bridgehead atoms. The van der Waals surface area contributed by atoms with Gasteiger partial charge in [0.05, 0.1) is 0 Å². The quantitative estimate of drug-likeness (QED) is 0.893. The number of benzene rings is 1. The fourth-order valence-electron chi connectivity index (χ4n) is 3.67. The number of hydrogen-bond acceptors (Lipinski definition) is 2. The second-order valence-corrected chi connectivity index (χ2v) is 6.54. The van der Waals surface area contributed by atoms with Crippen molar-refractivity contribution < 1.29 is 9.59 Å². The van der Waals surface area contributed by atoms with Crippen LogP contribution in [0.3, 0.4) is 0 Å². The third kappa shape index (κ3) is 2.07. The van der Waals surface area contributed by atoms with Crippen LogP contribution in [0.1, 0.15) is 36.9 Å². The molecule has 0 saturated heterocycles. The zero-order chi connectivity index (χ0) is 16.1. The van der Waals surface area contributed by atoms with E-state index in [4.69, 9.17) is 0 Å². The Morgan fingerprint density at radius 1 is 1.35 bits per heavy atom. The molecule has 0 spiro atoms. The van der Waals surface area contributed by atoms with Gasteiger partial charge in [0.1, 0.15) is 6.04 Å². The number of H-pyrrole nitrogens is 1. The van der Waals surface area contributed by atoms with Crippen LogP contribution in [0.5, 0.6) is 0 Å². The van der Waals surface area contributed by atoms with Crippen molar-refractivity contribution in [3.63, 3.8) is 0 Å². The number of hydrogen-bond donors (Lipinski definition) is 2. The number of fused-ring (bicyclic) bond motifs is 3. The molecule has 0 saturated carbocycles. The molecular weight excluding hydrogens is 290 g/mol. The minimum Gasteiger partial charge on any atom is -0.361 e. The molecule has 2 aromatic rings. The lowest BCUT2D eigenvalue weighted by molar-refractivity contribution is -0.138. The lowest BCUT2D eigenvalue weighted by Gasteiger charge is -2.32. The summed E-state index contributed by atoms with van der Waals surface area (Å²) in [5.74, 6) is -0.102. The standard InChI is InChI=1S/C18H19N3O2/c1-10(2)20-18(23)17-13-8-19-14-5-3-4-12(16(13)14)11-6-7-15(22)21(17)9-11/h3-8,10-11,17,19H,9H2,1-2H3,(H,20,23)/t11?,17-/m0/s1. The van der Waals surface area contributed by atoms with Gasteiger partial charge in [0.25, 0.3) is 0 Å². The van der Waals surface area contributed by atoms with Crippen LogP contribution in [0.15, 0.2) is 36.5 Å². The van der Waals surface area contributed by atoms with Crippen molar-refractivity contribution in [3.8, 4) is 0 Å². The molecule has 1 aromatic heterocycles. The molecule has 5 nitrogen and oxygen atoms in total. The Morgan fingerprint density at radius 3 is 2.96 bits per heavy atom. The number of nitrogens with one attached hydrogen (secondary N) is 2. The maximum absolute atomic E-state index is 12.8. The average molecular weight is 309 g/mol. The summed E-state index contributed by atoms with van der Waals surface area (Å²) in [6.45, 7) is 4.39. The molecule has 1 unspecified atom stereocenters. The van der Waals surface area contributed by atoms with Gasteiger partial charge in [-0.1, -0.05) is 18.2 Å². The van der Waals surface area contributed by atoms with Gasteiger partial charge in [-0.15, -0.1) is 0 Å². The van der Waals surface area contributed by atoms with Crippen molar-refractivity contribution >= 4 is 22.7 Å². The summed E-state index contributed by atoms with van der Waals surface area (Å²) in [6.07, 6.45) is 5.41. The molecule has 2 N–H and O–H groups in total. The molecule has 4 rings (SSSR count). The molecule has 2 aliphatic rings. The van der Waals surface area contributed by atoms with E-state index in [1.54, 1.807) is 11.0 Å². The van der Waals surface area contributed by atoms with Crippen LogP contribution in [-0.4, -0.2) is 34.3 Å². The number of nitrogens with zero attached hydrogens (tertiary/aromatic N) is 1. The van der Waals surface area contributed by atoms with Crippen LogP contribution in [-0.2, 0) is 9.59 Å².